The van der Waals surface area contributed by atoms with Gasteiger partial charge in [0.1, 0.15) is 0 Å². The van der Waals surface area contributed by atoms with E-state index in [9.17, 15) is 0 Å². The van der Waals surface area contributed by atoms with E-state index in [0.29, 0.717) is 18.4 Å². The van der Waals surface area contributed by atoms with Gasteiger partial charge in [-0.1, -0.05) is 26.7 Å². The molecule has 0 aliphatic carbocycles. The first-order valence-corrected chi connectivity index (χ1v) is 4.39. The van der Waals surface area contributed by atoms with Crippen molar-refractivity contribution in [3.63, 3.8) is 0 Å². The van der Waals surface area contributed by atoms with Crippen LogP contribution in [0, 0.1) is 11.8 Å². The van der Waals surface area contributed by atoms with Crippen molar-refractivity contribution < 1.29 is 9.84 Å². The maximum absolute atomic E-state index is 9.00. The molecule has 0 fully saturated rings. The van der Waals surface area contributed by atoms with E-state index in [2.05, 4.69) is 13.8 Å². The van der Waals surface area contributed by atoms with Gasteiger partial charge in [0, 0.05) is 20.3 Å². The minimum Gasteiger partial charge on any atom is -0.396 e. The Morgan fingerprint density at radius 2 is 1.73 bits per heavy atom. The SMILES string of the molecule is CCC(CO)C(CC)COC. The summed E-state index contributed by atoms with van der Waals surface area (Å²) in [6, 6.07) is 0. The topological polar surface area (TPSA) is 29.5 Å². The fourth-order valence-corrected chi connectivity index (χ4v) is 1.41. The number of hydrogen-bond donors (Lipinski definition) is 1. The highest BCUT2D eigenvalue weighted by molar-refractivity contribution is 4.66. The Kier molecular flexibility index (Phi) is 6.57. The molecule has 0 heterocycles. The van der Waals surface area contributed by atoms with E-state index in [1.165, 1.54) is 0 Å². The van der Waals surface area contributed by atoms with Crippen LogP contribution >= 0.6 is 0 Å². The van der Waals surface area contributed by atoms with Gasteiger partial charge >= 0.3 is 0 Å². The average molecular weight is 160 g/mol. The largest absolute Gasteiger partial charge is 0.396 e. The molecule has 2 nitrogen and oxygen atoms in total. The quantitative estimate of drug-likeness (QED) is 0.640. The van der Waals surface area contributed by atoms with Crippen LogP contribution in [0.1, 0.15) is 26.7 Å². The van der Waals surface area contributed by atoms with Gasteiger partial charge in [-0.25, -0.2) is 0 Å². The van der Waals surface area contributed by atoms with Crippen molar-refractivity contribution >= 4 is 0 Å². The Bertz CT molecular complexity index is 79.6. The summed E-state index contributed by atoms with van der Waals surface area (Å²) in [4.78, 5) is 0. The van der Waals surface area contributed by atoms with Crippen molar-refractivity contribution in [2.75, 3.05) is 20.3 Å². The number of aliphatic hydroxyl groups is 1. The molecule has 0 aliphatic rings. The number of rotatable bonds is 6. The summed E-state index contributed by atoms with van der Waals surface area (Å²) in [5, 5.41) is 9.00. The summed E-state index contributed by atoms with van der Waals surface area (Å²) in [5.41, 5.74) is 0. The van der Waals surface area contributed by atoms with E-state index in [1.807, 2.05) is 0 Å². The molecule has 2 heteroatoms. The molecule has 11 heavy (non-hydrogen) atoms. The zero-order valence-electron chi connectivity index (χ0n) is 7.84. The zero-order chi connectivity index (χ0) is 8.69. The maximum Gasteiger partial charge on any atom is 0.0493 e. The Hall–Kier alpha value is -0.0800. The van der Waals surface area contributed by atoms with Crippen LogP contribution < -0.4 is 0 Å². The molecule has 0 aromatic heterocycles. The first-order valence-electron chi connectivity index (χ1n) is 4.39. The summed E-state index contributed by atoms with van der Waals surface area (Å²) in [5.74, 6) is 0.940. The molecule has 0 bridgehead atoms. The van der Waals surface area contributed by atoms with Crippen molar-refractivity contribution in [2.45, 2.75) is 26.7 Å². The molecular weight excluding hydrogens is 140 g/mol. The molecule has 0 saturated carbocycles. The monoisotopic (exact) mass is 160 g/mol. The van der Waals surface area contributed by atoms with E-state index in [1.54, 1.807) is 7.11 Å². The molecule has 1 N–H and O–H groups in total. The summed E-state index contributed by atoms with van der Waals surface area (Å²) in [7, 11) is 1.72. The molecule has 0 amide bonds. The predicted octanol–water partition coefficient (Wildman–Crippen LogP) is 1.68. The Labute approximate surface area is 69.6 Å². The highest BCUT2D eigenvalue weighted by Gasteiger charge is 2.16. The molecule has 0 aliphatic heterocycles. The van der Waals surface area contributed by atoms with Gasteiger partial charge in [0.2, 0.25) is 0 Å². The van der Waals surface area contributed by atoms with Gasteiger partial charge in [-0.2, -0.15) is 0 Å². The van der Waals surface area contributed by atoms with E-state index in [4.69, 9.17) is 9.84 Å². The second-order valence-electron chi connectivity index (χ2n) is 2.97. The molecule has 0 saturated heterocycles. The fourth-order valence-electron chi connectivity index (χ4n) is 1.41. The van der Waals surface area contributed by atoms with Gasteiger partial charge in [-0.3, -0.25) is 0 Å². The van der Waals surface area contributed by atoms with Gasteiger partial charge in [0.15, 0.2) is 0 Å². The molecule has 2 unspecified atom stereocenters. The third kappa shape index (κ3) is 3.73. The Morgan fingerprint density at radius 1 is 1.18 bits per heavy atom. The van der Waals surface area contributed by atoms with Gasteiger partial charge in [-0.05, 0) is 11.8 Å². The van der Waals surface area contributed by atoms with Gasteiger partial charge in [0.05, 0.1) is 0 Å². The van der Waals surface area contributed by atoms with Gasteiger partial charge in [-0.15, -0.1) is 0 Å². The van der Waals surface area contributed by atoms with Crippen molar-refractivity contribution in [3.8, 4) is 0 Å². The zero-order valence-corrected chi connectivity index (χ0v) is 7.84. The van der Waals surface area contributed by atoms with Crippen molar-refractivity contribution in [1.82, 2.24) is 0 Å². The lowest BCUT2D eigenvalue weighted by atomic mass is 9.89. The van der Waals surface area contributed by atoms with E-state index >= 15 is 0 Å². The van der Waals surface area contributed by atoms with Crippen LogP contribution in [0.4, 0.5) is 0 Å². The molecule has 0 spiro atoms. The average Bonchev–Trinajstić information content (AvgIpc) is 2.05. The van der Waals surface area contributed by atoms with E-state index in [0.717, 1.165) is 19.4 Å². The van der Waals surface area contributed by atoms with E-state index < -0.39 is 0 Å². The predicted molar refractivity (Wildman–Crippen MR) is 46.5 cm³/mol. The fraction of sp³-hybridized carbons (Fsp3) is 1.00. The minimum absolute atomic E-state index is 0.290. The van der Waals surface area contributed by atoms with E-state index in [-0.39, 0.29) is 0 Å². The summed E-state index contributed by atoms with van der Waals surface area (Å²) in [6.45, 7) is 5.31. The first kappa shape index (κ1) is 10.9. The van der Waals surface area contributed by atoms with Crippen LogP contribution in [0.2, 0.25) is 0 Å². The van der Waals surface area contributed by atoms with Crippen molar-refractivity contribution in [1.29, 1.82) is 0 Å². The lowest BCUT2D eigenvalue weighted by Gasteiger charge is -2.22. The summed E-state index contributed by atoms with van der Waals surface area (Å²) >= 11 is 0. The standard InChI is InChI=1S/C9H20O2/c1-4-8(6-10)9(5-2)7-11-3/h8-10H,4-7H2,1-3H3. The normalized spacial score (nSPS) is 16.4. The van der Waals surface area contributed by atoms with Crippen LogP contribution in [0.25, 0.3) is 0 Å². The molecule has 0 radical (unpaired) electrons. The summed E-state index contributed by atoms with van der Waals surface area (Å²) < 4.78 is 5.07. The lowest BCUT2D eigenvalue weighted by molar-refractivity contribution is 0.0850. The Morgan fingerprint density at radius 3 is 2.00 bits per heavy atom. The van der Waals surface area contributed by atoms with Gasteiger partial charge in [0.25, 0.3) is 0 Å². The molecule has 68 valence electrons. The van der Waals surface area contributed by atoms with Crippen LogP contribution in [-0.2, 0) is 4.74 Å². The maximum atomic E-state index is 9.00. The third-order valence-electron chi connectivity index (χ3n) is 2.33. The molecular formula is C9H20O2. The van der Waals surface area contributed by atoms with Crippen molar-refractivity contribution in [3.05, 3.63) is 0 Å². The number of methoxy groups -OCH3 is 1. The molecule has 0 aromatic rings. The van der Waals surface area contributed by atoms with Gasteiger partial charge < -0.3 is 9.84 Å². The third-order valence-corrected chi connectivity index (χ3v) is 2.33. The molecule has 2 atom stereocenters. The number of aliphatic hydroxyl groups excluding tert-OH is 1. The summed E-state index contributed by atoms with van der Waals surface area (Å²) in [6.07, 6.45) is 2.13. The second kappa shape index (κ2) is 6.62. The van der Waals surface area contributed by atoms with Crippen molar-refractivity contribution in [2.24, 2.45) is 11.8 Å². The van der Waals surface area contributed by atoms with Crippen LogP contribution in [-0.4, -0.2) is 25.4 Å². The first-order chi connectivity index (χ1) is 5.29. The highest BCUT2D eigenvalue weighted by atomic mass is 16.5. The van der Waals surface area contributed by atoms with Crippen LogP contribution in [0.3, 0.4) is 0 Å². The second-order valence-corrected chi connectivity index (χ2v) is 2.97. The van der Waals surface area contributed by atoms with Crippen LogP contribution in [0.15, 0.2) is 0 Å². The Balaban J connectivity index is 3.76. The molecule has 0 rings (SSSR count). The lowest BCUT2D eigenvalue weighted by Crippen LogP contribution is -2.21. The smallest absolute Gasteiger partial charge is 0.0493 e. The highest BCUT2D eigenvalue weighted by Crippen LogP contribution is 2.18. The molecule has 0 aromatic carbocycles. The number of hydrogen-bond acceptors (Lipinski definition) is 2. The minimum atomic E-state index is 0.290. The number of ether oxygens (including phenoxy) is 1. The van der Waals surface area contributed by atoms with Crippen LogP contribution in [0.5, 0.6) is 0 Å².